The number of carbonyl (C=O) groups excluding carboxylic acids is 1. The molecule has 8 bridgehead atoms. The SMILES string of the molecule is CCC1=C(CC)c2cc3[n-]c(c(CC)c3CC)c3ccc(CCOCC(=O)N[C@@H]4O[C@H](CO)[C@H](O)[C@H](O)[C@H]4O)c4c3nc(cc3[n-]c(cc1n2)c(CC)c3CC)C4(CC)CC.[Zn+2]. The van der Waals surface area contributed by atoms with Gasteiger partial charge in [-0.15, -0.1) is 22.1 Å². The van der Waals surface area contributed by atoms with Crippen molar-refractivity contribution in [2.24, 2.45) is 0 Å². The molecule has 0 unspecified atom stereocenters. The number of nitrogens with one attached hydrogen (secondary N) is 1. The van der Waals surface area contributed by atoms with Crippen molar-refractivity contribution >= 4 is 50.0 Å². The number of fused-ring (bicyclic) bond motifs is 8. The van der Waals surface area contributed by atoms with E-state index in [2.05, 4.69) is 91.0 Å². The summed E-state index contributed by atoms with van der Waals surface area (Å²) < 4.78 is 11.4. The second kappa shape index (κ2) is 19.9. The smallest absolute Gasteiger partial charge is 0.657 e. The molecule has 6 heterocycles. The van der Waals surface area contributed by atoms with Crippen molar-refractivity contribution in [3.05, 3.63) is 80.8 Å². The first-order valence-corrected chi connectivity index (χ1v) is 22.5. The Morgan fingerprint density at radius 2 is 1.34 bits per heavy atom. The van der Waals surface area contributed by atoms with Crippen molar-refractivity contribution in [2.45, 2.75) is 149 Å². The predicted octanol–water partition coefficient (Wildman–Crippen LogP) is 6.29. The van der Waals surface area contributed by atoms with E-state index < -0.39 is 48.6 Å². The minimum Gasteiger partial charge on any atom is -0.657 e. The van der Waals surface area contributed by atoms with Gasteiger partial charge in [0.15, 0.2) is 6.23 Å². The van der Waals surface area contributed by atoms with Crippen molar-refractivity contribution in [3.8, 4) is 0 Å². The molecule has 328 valence electrons. The molecule has 12 nitrogen and oxygen atoms in total. The minimum atomic E-state index is -1.60. The van der Waals surface area contributed by atoms with Crippen LogP contribution in [0.1, 0.15) is 132 Å². The number of allylic oxidation sites excluding steroid dienone is 2. The Balaban J connectivity index is 0.00000641. The van der Waals surface area contributed by atoms with Crippen LogP contribution in [-0.2, 0) is 71.3 Å². The number of hydrogen-bond acceptors (Lipinski definition) is 9. The number of aryl methyl sites for hydroxylation is 4. The molecule has 0 aliphatic carbocycles. The molecular formula is C49H63N5O7Zn. The molecule has 3 aliphatic heterocycles. The monoisotopic (exact) mass is 897 g/mol. The van der Waals surface area contributed by atoms with Crippen LogP contribution in [0, 0.1) is 0 Å². The Bertz CT molecular complexity index is 2490. The first-order valence-electron chi connectivity index (χ1n) is 22.5. The summed E-state index contributed by atoms with van der Waals surface area (Å²) >= 11 is 0. The average molecular weight is 899 g/mol. The number of benzene rings is 1. The van der Waals surface area contributed by atoms with E-state index in [0.717, 1.165) is 113 Å². The van der Waals surface area contributed by atoms with Gasteiger partial charge in [-0.2, -0.15) is 0 Å². The van der Waals surface area contributed by atoms with Crippen molar-refractivity contribution in [3.63, 3.8) is 0 Å². The Kier molecular flexibility index (Phi) is 15.3. The molecule has 7 rings (SSSR count). The molecule has 1 fully saturated rings. The molecule has 4 aromatic rings. The van der Waals surface area contributed by atoms with Crippen LogP contribution in [0.15, 0.2) is 30.3 Å². The maximum Gasteiger partial charge on any atom is 2.00 e. The van der Waals surface area contributed by atoms with Gasteiger partial charge in [0.2, 0.25) is 5.91 Å². The number of ether oxygens (including phenoxy) is 2. The number of amides is 1. The summed E-state index contributed by atoms with van der Waals surface area (Å²) in [5.41, 5.74) is 17.0. The predicted molar refractivity (Wildman–Crippen MR) is 239 cm³/mol. The first-order chi connectivity index (χ1) is 29.5. The van der Waals surface area contributed by atoms with Gasteiger partial charge in [0, 0.05) is 5.41 Å². The van der Waals surface area contributed by atoms with Gasteiger partial charge < -0.3 is 45.2 Å². The third-order valence-electron chi connectivity index (χ3n) is 13.5. The fourth-order valence-electron chi connectivity index (χ4n) is 10.2. The van der Waals surface area contributed by atoms with E-state index in [0.29, 0.717) is 6.42 Å². The zero-order valence-electron chi connectivity index (χ0n) is 37.8. The van der Waals surface area contributed by atoms with E-state index in [1.165, 1.54) is 33.4 Å². The Morgan fingerprint density at radius 1 is 0.758 bits per heavy atom. The normalized spacial score (nSPS) is 20.9. The average Bonchev–Trinajstić information content (AvgIpc) is 4.00. The third-order valence-corrected chi connectivity index (χ3v) is 13.5. The van der Waals surface area contributed by atoms with Crippen molar-refractivity contribution < 1.29 is 54.2 Å². The Hall–Kier alpha value is -3.81. The van der Waals surface area contributed by atoms with Crippen LogP contribution in [0.4, 0.5) is 0 Å². The summed E-state index contributed by atoms with van der Waals surface area (Å²) in [6, 6.07) is 11.0. The van der Waals surface area contributed by atoms with Crippen LogP contribution in [0.3, 0.4) is 0 Å². The van der Waals surface area contributed by atoms with Crippen molar-refractivity contribution in [2.75, 3.05) is 19.8 Å². The zero-order valence-corrected chi connectivity index (χ0v) is 40.7. The first kappa shape index (κ1) is 47.7. The van der Waals surface area contributed by atoms with Gasteiger partial charge >= 0.3 is 19.5 Å². The molecule has 13 heteroatoms. The quantitative estimate of drug-likeness (QED) is 0.0669. The van der Waals surface area contributed by atoms with Crippen LogP contribution in [-0.4, -0.2) is 86.8 Å². The van der Waals surface area contributed by atoms with Crippen molar-refractivity contribution in [1.29, 1.82) is 0 Å². The van der Waals surface area contributed by atoms with Gasteiger partial charge in [0.1, 0.15) is 31.0 Å². The molecule has 5 atom stereocenters. The molecule has 0 spiro atoms. The third kappa shape index (κ3) is 8.23. The molecule has 62 heavy (non-hydrogen) atoms. The number of aliphatic hydroxyl groups is 4. The minimum absolute atomic E-state index is 0. The van der Waals surface area contributed by atoms with E-state index in [9.17, 15) is 25.2 Å². The van der Waals surface area contributed by atoms with Crippen LogP contribution < -0.4 is 15.3 Å². The fraction of sp³-hybridized carbons (Fsp3) is 0.531. The van der Waals surface area contributed by atoms with Crippen LogP contribution in [0.2, 0.25) is 0 Å². The van der Waals surface area contributed by atoms with Crippen molar-refractivity contribution in [1.82, 2.24) is 25.3 Å². The number of aromatic nitrogens is 4. The summed E-state index contributed by atoms with van der Waals surface area (Å²) in [4.78, 5) is 34.8. The Morgan fingerprint density at radius 3 is 1.90 bits per heavy atom. The number of rotatable bonds is 15. The maximum atomic E-state index is 13.0. The van der Waals surface area contributed by atoms with Gasteiger partial charge in [-0.05, 0) is 85.4 Å². The summed E-state index contributed by atoms with van der Waals surface area (Å²) in [6.45, 7) is 17.0. The Labute approximate surface area is 377 Å². The molecule has 0 radical (unpaired) electrons. The van der Waals surface area contributed by atoms with E-state index in [4.69, 9.17) is 29.4 Å². The molecule has 1 amide bonds. The maximum absolute atomic E-state index is 13.0. The summed E-state index contributed by atoms with van der Waals surface area (Å²) in [5, 5.41) is 43.8. The van der Waals surface area contributed by atoms with Gasteiger partial charge in [-0.1, -0.05) is 108 Å². The van der Waals surface area contributed by atoms with Crippen LogP contribution in [0.25, 0.3) is 44.1 Å². The molecule has 3 aliphatic rings. The number of hydrogen-bond donors (Lipinski definition) is 5. The van der Waals surface area contributed by atoms with E-state index in [-0.39, 0.29) is 32.7 Å². The molecule has 5 N–H and O–H groups in total. The van der Waals surface area contributed by atoms with E-state index in [1.54, 1.807) is 0 Å². The van der Waals surface area contributed by atoms with Gasteiger partial charge in [-0.3, -0.25) is 9.78 Å². The standard InChI is InChI=1S/C49H64N5O7.Zn/c1-9-27-28(10-2)36-22-37-31(13-5)32(14-6)43(52-37)33-18-17-26(19-20-60-25-41(56)54-48-47(59)46(58)45(57)39(24-55)61-48)42-44(33)53-40(49(42,15-7)16-8)23-38-30(12-4)29(11-3)35(51-38)21-34(27)50-36;/h17-18,21-23,39,45-48,55,57-59H,9-16,19-20,24-25H2,1-8H3,(H2-,50,51,52,53,54,56);/q-1;+2/p-1/t39-,45+,46+,47-,48-;/m1./s1. The zero-order chi connectivity index (χ0) is 43.7. The molecular weight excluding hydrogens is 836 g/mol. The van der Waals surface area contributed by atoms with Gasteiger partial charge in [0.05, 0.1) is 35.8 Å². The second-order valence-electron chi connectivity index (χ2n) is 16.4. The molecule has 3 aromatic heterocycles. The largest absolute Gasteiger partial charge is 2.00 e. The second-order valence-corrected chi connectivity index (χ2v) is 16.4. The van der Waals surface area contributed by atoms with E-state index >= 15 is 0 Å². The molecule has 1 saturated heterocycles. The topological polar surface area (TPSA) is 182 Å². The summed E-state index contributed by atoms with van der Waals surface area (Å²) in [6.07, 6.45) is 0.0665. The molecule has 1 aromatic carbocycles. The van der Waals surface area contributed by atoms with Crippen LogP contribution in [0.5, 0.6) is 0 Å². The number of carbonyl (C=O) groups is 1. The number of nitrogens with zero attached hydrogens (tertiary/aromatic N) is 4. The molecule has 0 saturated carbocycles. The summed E-state index contributed by atoms with van der Waals surface area (Å²) in [7, 11) is 0. The number of aliphatic hydroxyl groups excluding tert-OH is 4. The summed E-state index contributed by atoms with van der Waals surface area (Å²) in [5.74, 6) is -0.568. The van der Waals surface area contributed by atoms with Crippen LogP contribution >= 0.6 is 0 Å². The van der Waals surface area contributed by atoms with E-state index in [1.807, 2.05) is 0 Å². The fourth-order valence-corrected chi connectivity index (χ4v) is 10.2. The van der Waals surface area contributed by atoms with Gasteiger partial charge in [0.25, 0.3) is 0 Å². The van der Waals surface area contributed by atoms with Gasteiger partial charge in [-0.25, -0.2) is 4.98 Å².